The van der Waals surface area contributed by atoms with E-state index in [0.717, 1.165) is 38.4 Å². The third-order valence-corrected chi connectivity index (χ3v) is 3.76. The molecule has 0 aromatic heterocycles. The second-order valence-electron chi connectivity index (χ2n) is 6.05. The summed E-state index contributed by atoms with van der Waals surface area (Å²) in [5.74, 6) is 1.21. The number of hydrogen-bond donors (Lipinski definition) is 0. The predicted molar refractivity (Wildman–Crippen MR) is 96.1 cm³/mol. The second-order valence-corrected chi connectivity index (χ2v) is 6.05. The van der Waals surface area contributed by atoms with Crippen LogP contribution in [0.4, 0.5) is 0 Å². The average Bonchev–Trinajstić information content (AvgIpc) is 2.60. The minimum atomic E-state index is 0.0436. The zero-order valence-corrected chi connectivity index (χ0v) is 15.0. The van der Waals surface area contributed by atoms with Gasteiger partial charge < -0.3 is 9.47 Å². The molecule has 1 aromatic carbocycles. The number of carbonyl (C=O) groups is 2. The molecular weight excluding hydrogens is 304 g/mol. The lowest BCUT2D eigenvalue weighted by Gasteiger charge is -2.10. The molecule has 0 bridgehead atoms. The van der Waals surface area contributed by atoms with Gasteiger partial charge in [0.1, 0.15) is 24.4 Å². The second kappa shape index (κ2) is 12.6. The fourth-order valence-electron chi connectivity index (χ4n) is 2.36. The molecular formula is C20H30O4. The summed E-state index contributed by atoms with van der Waals surface area (Å²) < 4.78 is 11.2. The van der Waals surface area contributed by atoms with Crippen molar-refractivity contribution >= 4 is 12.1 Å². The van der Waals surface area contributed by atoms with Gasteiger partial charge in [0.15, 0.2) is 5.78 Å². The maximum atomic E-state index is 11.8. The molecule has 0 spiro atoms. The summed E-state index contributed by atoms with van der Waals surface area (Å²) in [7, 11) is 0. The van der Waals surface area contributed by atoms with Crippen molar-refractivity contribution < 1.29 is 19.1 Å². The number of aldehydes is 1. The molecule has 4 heteroatoms. The molecule has 24 heavy (non-hydrogen) atoms. The maximum Gasteiger partial charge on any atom is 0.170 e. The Morgan fingerprint density at radius 3 is 2.25 bits per heavy atom. The number of rotatable bonds is 14. The van der Waals surface area contributed by atoms with E-state index in [1.54, 1.807) is 18.2 Å². The monoisotopic (exact) mass is 334 g/mol. The molecule has 0 radical (unpaired) electrons. The molecule has 0 atom stereocenters. The number of benzene rings is 1. The number of unbranched alkanes of at least 4 members (excludes halogenated alkanes) is 5. The first kappa shape index (κ1) is 20.2. The van der Waals surface area contributed by atoms with Crippen molar-refractivity contribution in [2.45, 2.75) is 65.2 Å². The fourth-order valence-corrected chi connectivity index (χ4v) is 2.36. The van der Waals surface area contributed by atoms with E-state index in [4.69, 9.17) is 9.47 Å². The molecule has 0 aliphatic heterocycles. The molecule has 0 fully saturated rings. The van der Waals surface area contributed by atoms with Crippen LogP contribution in [0.5, 0.6) is 11.5 Å². The molecule has 0 saturated heterocycles. The highest BCUT2D eigenvalue weighted by Crippen LogP contribution is 2.23. The van der Waals surface area contributed by atoms with Gasteiger partial charge in [0.05, 0.1) is 6.61 Å². The van der Waals surface area contributed by atoms with Crippen molar-refractivity contribution in [2.24, 2.45) is 0 Å². The van der Waals surface area contributed by atoms with Gasteiger partial charge in [-0.25, -0.2) is 0 Å². The lowest BCUT2D eigenvalue weighted by molar-refractivity contribution is -0.121. The Hall–Kier alpha value is -1.84. The molecule has 1 aromatic rings. The van der Waals surface area contributed by atoms with Crippen molar-refractivity contribution in [1.29, 1.82) is 0 Å². The van der Waals surface area contributed by atoms with E-state index in [2.05, 4.69) is 13.8 Å². The first-order chi connectivity index (χ1) is 11.7. The van der Waals surface area contributed by atoms with Gasteiger partial charge in [-0.15, -0.1) is 0 Å². The quantitative estimate of drug-likeness (QED) is 0.355. The summed E-state index contributed by atoms with van der Waals surface area (Å²) in [5, 5.41) is 0. The van der Waals surface area contributed by atoms with E-state index in [0.29, 0.717) is 30.1 Å². The Morgan fingerprint density at radius 1 is 0.917 bits per heavy atom. The van der Waals surface area contributed by atoms with Gasteiger partial charge in [-0.3, -0.25) is 9.59 Å². The van der Waals surface area contributed by atoms with E-state index in [1.807, 2.05) is 0 Å². The van der Waals surface area contributed by atoms with Crippen molar-refractivity contribution in [3.05, 3.63) is 23.8 Å². The van der Waals surface area contributed by atoms with Crippen LogP contribution < -0.4 is 9.47 Å². The first-order valence-electron chi connectivity index (χ1n) is 9.07. The zero-order chi connectivity index (χ0) is 17.6. The van der Waals surface area contributed by atoms with Crippen LogP contribution in [-0.4, -0.2) is 25.3 Å². The van der Waals surface area contributed by atoms with Crippen molar-refractivity contribution in [3.63, 3.8) is 0 Å². The summed E-state index contributed by atoms with van der Waals surface area (Å²) in [6, 6.07) is 5.07. The number of ether oxygens (including phenoxy) is 2. The predicted octanol–water partition coefficient (Wildman–Crippen LogP) is 4.99. The van der Waals surface area contributed by atoms with Gasteiger partial charge in [0, 0.05) is 18.1 Å². The summed E-state index contributed by atoms with van der Waals surface area (Å²) in [6.45, 7) is 4.94. The van der Waals surface area contributed by atoms with Crippen LogP contribution in [0, 0.1) is 0 Å². The molecule has 0 amide bonds. The highest BCUT2D eigenvalue weighted by Gasteiger charge is 2.06. The van der Waals surface area contributed by atoms with E-state index in [1.165, 1.54) is 12.8 Å². The molecule has 0 saturated carbocycles. The van der Waals surface area contributed by atoms with Gasteiger partial charge in [0.25, 0.3) is 0 Å². The molecule has 0 aliphatic carbocycles. The largest absolute Gasteiger partial charge is 0.493 e. The summed E-state index contributed by atoms with van der Waals surface area (Å²) in [5.41, 5.74) is 0.495. The van der Waals surface area contributed by atoms with Gasteiger partial charge >= 0.3 is 0 Å². The number of carbonyl (C=O) groups excluding carboxylic acids is 2. The van der Waals surface area contributed by atoms with E-state index in [-0.39, 0.29) is 12.4 Å². The van der Waals surface area contributed by atoms with Crippen LogP contribution >= 0.6 is 0 Å². The van der Waals surface area contributed by atoms with Crippen LogP contribution in [0.15, 0.2) is 18.2 Å². The van der Waals surface area contributed by atoms with Crippen LogP contribution in [0.25, 0.3) is 0 Å². The van der Waals surface area contributed by atoms with Crippen LogP contribution in [0.2, 0.25) is 0 Å². The third kappa shape index (κ3) is 8.70. The molecule has 4 nitrogen and oxygen atoms in total. The summed E-state index contributed by atoms with van der Waals surface area (Å²) in [6.07, 6.45) is 8.87. The third-order valence-electron chi connectivity index (χ3n) is 3.76. The van der Waals surface area contributed by atoms with Crippen LogP contribution in [-0.2, 0) is 4.79 Å². The fraction of sp³-hybridized carbons (Fsp3) is 0.600. The Labute approximate surface area is 145 Å². The van der Waals surface area contributed by atoms with Gasteiger partial charge in [-0.1, -0.05) is 46.0 Å². The Kier molecular flexibility index (Phi) is 10.6. The van der Waals surface area contributed by atoms with Crippen LogP contribution in [0.1, 0.15) is 75.6 Å². The zero-order valence-electron chi connectivity index (χ0n) is 15.0. The minimum Gasteiger partial charge on any atom is -0.493 e. The number of ketones is 1. The number of Topliss-reactive ketones (excluding diaryl/α,β-unsaturated/α-hetero) is 1. The van der Waals surface area contributed by atoms with Gasteiger partial charge in [-0.2, -0.15) is 0 Å². The van der Waals surface area contributed by atoms with Crippen molar-refractivity contribution in [3.8, 4) is 11.5 Å². The molecule has 1 rings (SSSR count). The molecule has 0 aliphatic rings. The Bertz CT molecular complexity index is 496. The number of hydrogen-bond acceptors (Lipinski definition) is 4. The van der Waals surface area contributed by atoms with Crippen molar-refractivity contribution in [1.82, 2.24) is 0 Å². The minimum absolute atomic E-state index is 0.0436. The standard InChI is InChI=1S/C20H30O4/c1-3-5-7-9-11-23-19-12-17(15-21)13-20(14-19)24-16-18(22)10-8-6-4-2/h12-15H,3-11,16H2,1-2H3. The van der Waals surface area contributed by atoms with Gasteiger partial charge in [0.2, 0.25) is 0 Å². The highest BCUT2D eigenvalue weighted by atomic mass is 16.5. The Morgan fingerprint density at radius 2 is 1.58 bits per heavy atom. The van der Waals surface area contributed by atoms with E-state index >= 15 is 0 Å². The van der Waals surface area contributed by atoms with E-state index in [9.17, 15) is 9.59 Å². The highest BCUT2D eigenvalue weighted by molar-refractivity contribution is 5.80. The van der Waals surface area contributed by atoms with E-state index < -0.39 is 0 Å². The SMILES string of the molecule is CCCCCCOc1cc(C=O)cc(OCC(=O)CCCCC)c1. The normalized spacial score (nSPS) is 10.4. The van der Waals surface area contributed by atoms with Gasteiger partial charge in [-0.05, 0) is 25.0 Å². The molecule has 0 unspecified atom stereocenters. The topological polar surface area (TPSA) is 52.6 Å². The summed E-state index contributed by atoms with van der Waals surface area (Å²) in [4.78, 5) is 22.8. The molecule has 0 heterocycles. The lowest BCUT2D eigenvalue weighted by atomic mass is 10.1. The maximum absolute atomic E-state index is 11.8. The Balaban J connectivity index is 2.49. The van der Waals surface area contributed by atoms with Crippen molar-refractivity contribution in [2.75, 3.05) is 13.2 Å². The summed E-state index contributed by atoms with van der Waals surface area (Å²) >= 11 is 0. The lowest BCUT2D eigenvalue weighted by Crippen LogP contribution is -2.11. The molecule has 134 valence electrons. The average molecular weight is 334 g/mol. The molecule has 0 N–H and O–H groups in total. The van der Waals surface area contributed by atoms with Crippen LogP contribution in [0.3, 0.4) is 0 Å². The first-order valence-corrected chi connectivity index (χ1v) is 9.07. The smallest absolute Gasteiger partial charge is 0.170 e.